The normalized spacial score (nSPS) is 27.7. The molecule has 0 aromatic rings. The first kappa shape index (κ1) is 16.3. The van der Waals surface area contributed by atoms with Gasteiger partial charge in [-0.3, -0.25) is 9.59 Å². The number of piperazine rings is 1. The first-order chi connectivity index (χ1) is 9.97. The average molecular weight is 295 g/mol. The number of hydrogen-bond donors (Lipinski definition) is 1. The molecule has 0 aromatic heterocycles. The van der Waals surface area contributed by atoms with E-state index < -0.39 is 0 Å². The van der Waals surface area contributed by atoms with E-state index in [2.05, 4.69) is 17.3 Å². The summed E-state index contributed by atoms with van der Waals surface area (Å²) in [7, 11) is 2.10. The molecule has 1 N–H and O–H groups in total. The molecule has 0 atom stereocenters. The second-order valence-electron chi connectivity index (χ2n) is 6.84. The van der Waals surface area contributed by atoms with E-state index in [0.717, 1.165) is 51.9 Å². The van der Waals surface area contributed by atoms with Crippen molar-refractivity contribution in [3.8, 4) is 0 Å². The fourth-order valence-electron chi connectivity index (χ4n) is 3.29. The molecule has 5 nitrogen and oxygen atoms in total. The number of nitrogens with one attached hydrogen (secondary N) is 1. The second kappa shape index (κ2) is 7.25. The van der Waals surface area contributed by atoms with Gasteiger partial charge >= 0.3 is 0 Å². The molecule has 0 bridgehead atoms. The largest absolute Gasteiger partial charge is 0.354 e. The van der Waals surface area contributed by atoms with Gasteiger partial charge in [0.05, 0.1) is 0 Å². The monoisotopic (exact) mass is 295 g/mol. The van der Waals surface area contributed by atoms with Gasteiger partial charge in [0.25, 0.3) is 0 Å². The van der Waals surface area contributed by atoms with Crippen molar-refractivity contribution in [2.24, 2.45) is 11.8 Å². The van der Waals surface area contributed by atoms with Gasteiger partial charge in [0.2, 0.25) is 11.8 Å². The predicted molar refractivity (Wildman–Crippen MR) is 82.8 cm³/mol. The van der Waals surface area contributed by atoms with Crippen molar-refractivity contribution < 1.29 is 9.59 Å². The van der Waals surface area contributed by atoms with E-state index in [9.17, 15) is 9.59 Å². The molecule has 0 aromatic carbocycles. The first-order valence-electron chi connectivity index (χ1n) is 8.25. The fourth-order valence-corrected chi connectivity index (χ4v) is 3.29. The van der Waals surface area contributed by atoms with Crippen LogP contribution in [0, 0.1) is 11.8 Å². The number of rotatable bonds is 3. The van der Waals surface area contributed by atoms with E-state index in [4.69, 9.17) is 0 Å². The SMILES string of the molecule is CC(C)NC(=O)C1CCC(C(=O)N2CCN(C)CC2)CC1. The highest BCUT2D eigenvalue weighted by Gasteiger charge is 2.32. The zero-order chi connectivity index (χ0) is 15.4. The summed E-state index contributed by atoms with van der Waals surface area (Å²) in [6.07, 6.45) is 3.42. The van der Waals surface area contributed by atoms with Gasteiger partial charge in [-0.25, -0.2) is 0 Å². The van der Waals surface area contributed by atoms with E-state index >= 15 is 0 Å². The van der Waals surface area contributed by atoms with E-state index in [1.165, 1.54) is 0 Å². The summed E-state index contributed by atoms with van der Waals surface area (Å²) in [5, 5.41) is 2.98. The van der Waals surface area contributed by atoms with Crippen molar-refractivity contribution in [2.45, 2.75) is 45.6 Å². The molecular weight excluding hydrogens is 266 g/mol. The third-order valence-corrected chi connectivity index (χ3v) is 4.69. The van der Waals surface area contributed by atoms with Crippen molar-refractivity contribution in [1.29, 1.82) is 0 Å². The highest BCUT2D eigenvalue weighted by Crippen LogP contribution is 2.30. The van der Waals surface area contributed by atoms with Crippen LogP contribution in [-0.4, -0.2) is 60.9 Å². The van der Waals surface area contributed by atoms with Gasteiger partial charge in [-0.15, -0.1) is 0 Å². The summed E-state index contributed by atoms with van der Waals surface area (Å²) in [6.45, 7) is 7.61. The molecule has 1 aliphatic carbocycles. The summed E-state index contributed by atoms with van der Waals surface area (Å²) in [6, 6.07) is 0.196. The van der Waals surface area contributed by atoms with E-state index in [-0.39, 0.29) is 23.8 Å². The molecular formula is C16H29N3O2. The van der Waals surface area contributed by atoms with Gasteiger partial charge in [-0.1, -0.05) is 0 Å². The van der Waals surface area contributed by atoms with Gasteiger partial charge in [0, 0.05) is 44.1 Å². The third-order valence-electron chi connectivity index (χ3n) is 4.69. The lowest BCUT2D eigenvalue weighted by Gasteiger charge is -2.36. The van der Waals surface area contributed by atoms with Crippen molar-refractivity contribution in [3.63, 3.8) is 0 Å². The Morgan fingerprint density at radius 2 is 1.48 bits per heavy atom. The Labute approximate surface area is 128 Å². The number of hydrogen-bond acceptors (Lipinski definition) is 3. The highest BCUT2D eigenvalue weighted by atomic mass is 16.2. The molecule has 2 amide bonds. The molecule has 21 heavy (non-hydrogen) atoms. The maximum absolute atomic E-state index is 12.5. The number of carbonyl (C=O) groups excluding carboxylic acids is 2. The Balaban J connectivity index is 1.78. The fraction of sp³-hybridized carbons (Fsp3) is 0.875. The van der Waals surface area contributed by atoms with E-state index in [0.29, 0.717) is 5.91 Å². The molecule has 0 unspecified atom stereocenters. The summed E-state index contributed by atoms with van der Waals surface area (Å²) in [5.41, 5.74) is 0. The van der Waals surface area contributed by atoms with Crippen LogP contribution in [0.5, 0.6) is 0 Å². The molecule has 1 aliphatic heterocycles. The molecule has 1 saturated heterocycles. The first-order valence-corrected chi connectivity index (χ1v) is 8.25. The van der Waals surface area contributed by atoms with Gasteiger partial charge in [-0.2, -0.15) is 0 Å². The van der Waals surface area contributed by atoms with Crippen LogP contribution in [0.3, 0.4) is 0 Å². The summed E-state index contributed by atoms with van der Waals surface area (Å²) in [5.74, 6) is 0.710. The Kier molecular flexibility index (Phi) is 5.62. The smallest absolute Gasteiger partial charge is 0.225 e. The summed E-state index contributed by atoms with van der Waals surface area (Å²) < 4.78 is 0. The standard InChI is InChI=1S/C16H29N3O2/c1-12(2)17-15(20)13-4-6-14(7-5-13)16(21)19-10-8-18(3)9-11-19/h12-14H,4-11H2,1-3H3,(H,17,20). The minimum atomic E-state index is 0.101. The van der Waals surface area contributed by atoms with Crippen LogP contribution in [0.2, 0.25) is 0 Å². The van der Waals surface area contributed by atoms with Crippen LogP contribution >= 0.6 is 0 Å². The maximum Gasteiger partial charge on any atom is 0.225 e. The number of amides is 2. The van der Waals surface area contributed by atoms with E-state index in [1.807, 2.05) is 18.7 Å². The average Bonchev–Trinajstić information content (AvgIpc) is 2.47. The Morgan fingerprint density at radius 1 is 0.952 bits per heavy atom. The topological polar surface area (TPSA) is 52.7 Å². The molecule has 1 heterocycles. The lowest BCUT2D eigenvalue weighted by atomic mass is 9.80. The molecule has 2 fully saturated rings. The molecule has 1 saturated carbocycles. The molecule has 0 spiro atoms. The van der Waals surface area contributed by atoms with Gasteiger partial charge in [-0.05, 0) is 46.6 Å². The number of nitrogens with zero attached hydrogens (tertiary/aromatic N) is 2. The van der Waals surface area contributed by atoms with E-state index in [1.54, 1.807) is 0 Å². The quantitative estimate of drug-likeness (QED) is 0.848. The van der Waals surface area contributed by atoms with Crippen LogP contribution in [0.4, 0.5) is 0 Å². The van der Waals surface area contributed by atoms with Crippen LogP contribution in [0.25, 0.3) is 0 Å². The van der Waals surface area contributed by atoms with Crippen molar-refractivity contribution in [2.75, 3.05) is 33.2 Å². The Morgan fingerprint density at radius 3 is 2.00 bits per heavy atom. The Hall–Kier alpha value is -1.10. The minimum absolute atomic E-state index is 0.101. The van der Waals surface area contributed by atoms with Crippen LogP contribution in [0.15, 0.2) is 0 Å². The lowest BCUT2D eigenvalue weighted by molar-refractivity contribution is -0.139. The molecule has 2 aliphatic rings. The van der Waals surface area contributed by atoms with Gasteiger partial charge < -0.3 is 15.1 Å². The Bertz CT molecular complexity index is 368. The maximum atomic E-state index is 12.5. The molecule has 5 heteroatoms. The summed E-state index contributed by atoms with van der Waals surface area (Å²) >= 11 is 0. The predicted octanol–water partition coefficient (Wildman–Crippen LogP) is 1.09. The molecule has 120 valence electrons. The van der Waals surface area contributed by atoms with Gasteiger partial charge in [0.15, 0.2) is 0 Å². The van der Waals surface area contributed by atoms with Crippen molar-refractivity contribution >= 4 is 11.8 Å². The second-order valence-corrected chi connectivity index (χ2v) is 6.84. The van der Waals surface area contributed by atoms with Crippen LogP contribution in [-0.2, 0) is 9.59 Å². The van der Waals surface area contributed by atoms with Crippen LogP contribution < -0.4 is 5.32 Å². The van der Waals surface area contributed by atoms with Crippen molar-refractivity contribution in [1.82, 2.24) is 15.1 Å². The van der Waals surface area contributed by atoms with Crippen LogP contribution in [0.1, 0.15) is 39.5 Å². The summed E-state index contributed by atoms with van der Waals surface area (Å²) in [4.78, 5) is 28.8. The zero-order valence-corrected chi connectivity index (χ0v) is 13.6. The number of carbonyl (C=O) groups is 2. The number of likely N-dealkylation sites (N-methyl/N-ethyl adjacent to an activating group) is 1. The van der Waals surface area contributed by atoms with Gasteiger partial charge in [0.1, 0.15) is 0 Å². The molecule has 0 radical (unpaired) electrons. The highest BCUT2D eigenvalue weighted by molar-refractivity contribution is 5.81. The minimum Gasteiger partial charge on any atom is -0.354 e. The van der Waals surface area contributed by atoms with Crippen molar-refractivity contribution in [3.05, 3.63) is 0 Å². The zero-order valence-electron chi connectivity index (χ0n) is 13.6. The molecule has 2 rings (SSSR count). The lowest BCUT2D eigenvalue weighted by Crippen LogP contribution is -2.49. The third kappa shape index (κ3) is 4.43.